The Bertz CT molecular complexity index is 318. The van der Waals surface area contributed by atoms with E-state index in [9.17, 15) is 0 Å². The quantitative estimate of drug-likeness (QED) is 0.845. The minimum absolute atomic E-state index is 0.789. The Hall–Kier alpha value is -0.0800. The molecule has 2 bridgehead atoms. The van der Waals surface area contributed by atoms with Gasteiger partial charge in [-0.1, -0.05) is 20.8 Å². The lowest BCUT2D eigenvalue weighted by Gasteiger charge is -2.45. The molecular formula is C19H36N2. The Morgan fingerprint density at radius 2 is 1.43 bits per heavy atom. The summed E-state index contributed by atoms with van der Waals surface area (Å²) in [4.78, 5) is 2.69. The van der Waals surface area contributed by atoms with Crippen molar-refractivity contribution in [2.24, 2.45) is 23.7 Å². The van der Waals surface area contributed by atoms with E-state index in [0.29, 0.717) is 0 Å². The van der Waals surface area contributed by atoms with Gasteiger partial charge in [0.2, 0.25) is 0 Å². The number of hydrogen-bond donors (Lipinski definition) is 1. The third kappa shape index (κ3) is 3.32. The summed E-state index contributed by atoms with van der Waals surface area (Å²) in [5.41, 5.74) is 0. The van der Waals surface area contributed by atoms with E-state index in [1.165, 1.54) is 44.9 Å². The van der Waals surface area contributed by atoms with Crippen LogP contribution in [-0.4, -0.2) is 36.6 Å². The molecule has 2 aliphatic heterocycles. The summed E-state index contributed by atoms with van der Waals surface area (Å²) in [5, 5.41) is 3.93. The lowest BCUT2D eigenvalue weighted by atomic mass is 9.69. The average molecular weight is 293 g/mol. The predicted molar refractivity (Wildman–Crippen MR) is 90.4 cm³/mol. The summed E-state index contributed by atoms with van der Waals surface area (Å²) in [6, 6.07) is 2.55. The van der Waals surface area contributed by atoms with Gasteiger partial charge in [0.15, 0.2) is 0 Å². The molecule has 122 valence electrons. The highest BCUT2D eigenvalue weighted by Crippen LogP contribution is 2.43. The highest BCUT2D eigenvalue weighted by molar-refractivity contribution is 4.99. The van der Waals surface area contributed by atoms with E-state index in [4.69, 9.17) is 0 Å². The molecule has 21 heavy (non-hydrogen) atoms. The van der Waals surface area contributed by atoms with Crippen LogP contribution in [0.5, 0.6) is 0 Å². The molecule has 5 atom stereocenters. The molecule has 0 aromatic carbocycles. The average Bonchev–Trinajstić information content (AvgIpc) is 2.65. The third-order valence-electron chi connectivity index (χ3n) is 6.81. The van der Waals surface area contributed by atoms with E-state index in [2.05, 4.69) is 38.0 Å². The minimum atomic E-state index is 0.789. The van der Waals surface area contributed by atoms with Crippen LogP contribution in [0.3, 0.4) is 0 Å². The Kier molecular flexibility index (Phi) is 4.95. The molecule has 2 nitrogen and oxygen atoms in total. The van der Waals surface area contributed by atoms with E-state index in [-0.39, 0.29) is 0 Å². The summed E-state index contributed by atoms with van der Waals surface area (Å²) in [7, 11) is 2.37. The molecule has 1 saturated carbocycles. The number of hydrogen-bond acceptors (Lipinski definition) is 2. The standard InChI is InChI=1S/C19H36N2/c1-5-20-19(15-9-13(2)8-14(3)10-15)16-11-17-6-7-18(12-16)21(17)4/h13-20H,5-12H2,1-4H3. The molecule has 3 aliphatic rings. The first kappa shape index (κ1) is 15.8. The molecule has 5 unspecified atom stereocenters. The minimum Gasteiger partial charge on any atom is -0.314 e. The van der Waals surface area contributed by atoms with Crippen LogP contribution in [0.1, 0.15) is 65.7 Å². The Balaban J connectivity index is 1.69. The molecule has 1 N–H and O–H groups in total. The van der Waals surface area contributed by atoms with Gasteiger partial charge in [-0.2, -0.15) is 0 Å². The maximum absolute atomic E-state index is 3.93. The van der Waals surface area contributed by atoms with Gasteiger partial charge >= 0.3 is 0 Å². The molecule has 3 rings (SSSR count). The van der Waals surface area contributed by atoms with Crippen LogP contribution in [0.25, 0.3) is 0 Å². The highest BCUT2D eigenvalue weighted by Gasteiger charge is 2.43. The van der Waals surface area contributed by atoms with Crippen molar-refractivity contribution in [2.45, 2.75) is 83.8 Å². The summed E-state index contributed by atoms with van der Waals surface area (Å²) in [6.07, 6.45) is 10.2. The Labute approximate surface area is 132 Å². The number of nitrogens with one attached hydrogen (secondary N) is 1. The van der Waals surface area contributed by atoms with Crippen molar-refractivity contribution in [3.8, 4) is 0 Å². The van der Waals surface area contributed by atoms with Crippen molar-refractivity contribution >= 4 is 0 Å². The largest absolute Gasteiger partial charge is 0.314 e. The molecule has 2 saturated heterocycles. The normalized spacial score (nSPS) is 45.7. The van der Waals surface area contributed by atoms with E-state index in [1.807, 2.05) is 0 Å². The van der Waals surface area contributed by atoms with E-state index in [1.54, 1.807) is 0 Å². The van der Waals surface area contributed by atoms with Crippen LogP contribution >= 0.6 is 0 Å². The SMILES string of the molecule is CCNC(C1CC(C)CC(C)C1)C1CC2CCC(C1)N2C. The van der Waals surface area contributed by atoms with Crippen LogP contribution in [0, 0.1) is 23.7 Å². The lowest BCUT2D eigenvalue weighted by molar-refractivity contribution is 0.0728. The molecule has 2 heterocycles. The first-order chi connectivity index (χ1) is 10.1. The topological polar surface area (TPSA) is 15.3 Å². The summed E-state index contributed by atoms with van der Waals surface area (Å²) in [6.45, 7) is 8.39. The zero-order valence-corrected chi connectivity index (χ0v) is 14.6. The maximum Gasteiger partial charge on any atom is 0.0125 e. The Morgan fingerprint density at radius 1 is 0.905 bits per heavy atom. The predicted octanol–water partition coefficient (Wildman–Crippen LogP) is 3.91. The summed E-state index contributed by atoms with van der Waals surface area (Å²) >= 11 is 0. The van der Waals surface area contributed by atoms with Gasteiger partial charge in [-0.25, -0.2) is 0 Å². The monoisotopic (exact) mass is 292 g/mol. The van der Waals surface area contributed by atoms with E-state index < -0.39 is 0 Å². The Morgan fingerprint density at radius 3 is 1.95 bits per heavy atom. The third-order valence-corrected chi connectivity index (χ3v) is 6.81. The lowest BCUT2D eigenvalue weighted by Crippen LogP contribution is -2.51. The number of nitrogens with zero attached hydrogens (tertiary/aromatic N) is 1. The number of fused-ring (bicyclic) bond motifs is 2. The van der Waals surface area contributed by atoms with Gasteiger partial charge < -0.3 is 10.2 Å². The fraction of sp³-hybridized carbons (Fsp3) is 1.00. The molecule has 0 amide bonds. The second-order valence-electron chi connectivity index (χ2n) is 8.54. The molecule has 2 heteroatoms. The fourth-order valence-electron chi connectivity index (χ4n) is 6.00. The first-order valence-corrected chi connectivity index (χ1v) is 9.53. The van der Waals surface area contributed by atoms with E-state index in [0.717, 1.165) is 48.3 Å². The zero-order valence-electron chi connectivity index (χ0n) is 14.6. The fourth-order valence-corrected chi connectivity index (χ4v) is 6.00. The van der Waals surface area contributed by atoms with Crippen LogP contribution < -0.4 is 5.32 Å². The second-order valence-corrected chi connectivity index (χ2v) is 8.54. The smallest absolute Gasteiger partial charge is 0.0125 e. The highest BCUT2D eigenvalue weighted by atomic mass is 15.2. The van der Waals surface area contributed by atoms with Gasteiger partial charge in [0.1, 0.15) is 0 Å². The second kappa shape index (κ2) is 6.58. The summed E-state index contributed by atoms with van der Waals surface area (Å²) in [5.74, 6) is 3.73. The molecule has 0 aromatic heterocycles. The molecule has 0 radical (unpaired) electrons. The molecular weight excluding hydrogens is 256 g/mol. The van der Waals surface area contributed by atoms with Crippen LogP contribution in [0.2, 0.25) is 0 Å². The molecule has 0 aromatic rings. The van der Waals surface area contributed by atoms with E-state index >= 15 is 0 Å². The van der Waals surface area contributed by atoms with Crippen LogP contribution in [0.15, 0.2) is 0 Å². The van der Waals surface area contributed by atoms with Gasteiger partial charge in [-0.3, -0.25) is 0 Å². The van der Waals surface area contributed by atoms with Crippen molar-refractivity contribution in [3.05, 3.63) is 0 Å². The first-order valence-electron chi connectivity index (χ1n) is 9.53. The van der Waals surface area contributed by atoms with Crippen molar-refractivity contribution in [3.63, 3.8) is 0 Å². The van der Waals surface area contributed by atoms with Crippen molar-refractivity contribution in [1.29, 1.82) is 0 Å². The van der Waals surface area contributed by atoms with Gasteiger partial charge in [0.25, 0.3) is 0 Å². The number of rotatable bonds is 4. The van der Waals surface area contributed by atoms with Gasteiger partial charge in [-0.05, 0) is 82.2 Å². The van der Waals surface area contributed by atoms with Gasteiger partial charge in [0.05, 0.1) is 0 Å². The van der Waals surface area contributed by atoms with Gasteiger partial charge in [-0.15, -0.1) is 0 Å². The molecule has 0 spiro atoms. The molecule has 1 aliphatic carbocycles. The van der Waals surface area contributed by atoms with Gasteiger partial charge in [0, 0.05) is 18.1 Å². The van der Waals surface area contributed by atoms with Crippen molar-refractivity contribution < 1.29 is 0 Å². The van der Waals surface area contributed by atoms with Crippen molar-refractivity contribution in [1.82, 2.24) is 10.2 Å². The zero-order chi connectivity index (χ0) is 15.0. The molecule has 3 fully saturated rings. The van der Waals surface area contributed by atoms with Crippen molar-refractivity contribution in [2.75, 3.05) is 13.6 Å². The maximum atomic E-state index is 3.93. The van der Waals surface area contributed by atoms with Crippen LogP contribution in [0.4, 0.5) is 0 Å². The van der Waals surface area contributed by atoms with Crippen LogP contribution in [-0.2, 0) is 0 Å². The summed E-state index contributed by atoms with van der Waals surface area (Å²) < 4.78 is 0. The number of piperidine rings is 1.